The Balaban J connectivity index is 1.94. The summed E-state index contributed by atoms with van der Waals surface area (Å²) in [6, 6.07) is 6.90. The van der Waals surface area contributed by atoms with E-state index in [9.17, 15) is 17.2 Å². The fourth-order valence-electron chi connectivity index (χ4n) is 2.31. The Labute approximate surface area is 122 Å². The van der Waals surface area contributed by atoms with Gasteiger partial charge in [0.15, 0.2) is 9.84 Å². The second-order valence-corrected chi connectivity index (χ2v) is 8.23. The molecular formula is C13H17F2NO2S2. The molecule has 0 radical (unpaired) electrons. The minimum absolute atomic E-state index is 0.00102. The van der Waals surface area contributed by atoms with Gasteiger partial charge < -0.3 is 5.32 Å². The maximum Gasteiger partial charge on any atom is 0.288 e. The van der Waals surface area contributed by atoms with Gasteiger partial charge in [0.05, 0.1) is 11.5 Å². The quantitative estimate of drug-likeness (QED) is 0.847. The number of halogens is 2. The first-order valence-corrected chi connectivity index (χ1v) is 9.07. The van der Waals surface area contributed by atoms with E-state index in [0.29, 0.717) is 23.1 Å². The molecule has 1 aromatic rings. The zero-order valence-electron chi connectivity index (χ0n) is 11.1. The molecule has 1 heterocycles. The Morgan fingerprint density at radius 1 is 1.30 bits per heavy atom. The Kier molecular flexibility index (Phi) is 5.04. The van der Waals surface area contributed by atoms with E-state index in [2.05, 4.69) is 5.32 Å². The molecule has 20 heavy (non-hydrogen) atoms. The van der Waals surface area contributed by atoms with E-state index in [1.165, 1.54) is 0 Å². The number of nitrogens with one attached hydrogen (secondary N) is 1. The summed E-state index contributed by atoms with van der Waals surface area (Å²) < 4.78 is 47.2. The topological polar surface area (TPSA) is 46.2 Å². The molecule has 1 saturated heterocycles. The molecule has 0 amide bonds. The highest BCUT2D eigenvalue weighted by Gasteiger charge is 2.28. The zero-order valence-corrected chi connectivity index (χ0v) is 12.7. The zero-order chi connectivity index (χ0) is 14.8. The summed E-state index contributed by atoms with van der Waals surface area (Å²) in [5.74, 6) is -2.00. The molecule has 0 unspecified atom stereocenters. The smallest absolute Gasteiger partial charge is 0.288 e. The number of benzene rings is 1. The van der Waals surface area contributed by atoms with Crippen molar-refractivity contribution in [3.05, 3.63) is 29.8 Å². The molecule has 7 heteroatoms. The number of hydrogen-bond acceptors (Lipinski definition) is 4. The van der Waals surface area contributed by atoms with Crippen LogP contribution in [0.2, 0.25) is 0 Å². The standard InChI is InChI=1S/C13H17F2NO2S2/c1-9(16-11-6-7-20(17,18)8-11)10-2-4-12(5-3-10)19-13(14)15/h2-5,9,11,13,16H,6-8H2,1H3/t9-,11-/m1/s1. The van der Waals surface area contributed by atoms with Crippen LogP contribution in [-0.4, -0.2) is 31.7 Å². The largest absolute Gasteiger partial charge is 0.306 e. The van der Waals surface area contributed by atoms with Crippen LogP contribution in [0.25, 0.3) is 0 Å². The van der Waals surface area contributed by atoms with Crippen LogP contribution in [0.1, 0.15) is 24.9 Å². The van der Waals surface area contributed by atoms with Crippen LogP contribution >= 0.6 is 11.8 Å². The van der Waals surface area contributed by atoms with E-state index < -0.39 is 15.6 Å². The van der Waals surface area contributed by atoms with Gasteiger partial charge in [-0.3, -0.25) is 0 Å². The molecule has 0 aromatic heterocycles. The highest BCUT2D eigenvalue weighted by atomic mass is 32.2. The van der Waals surface area contributed by atoms with Gasteiger partial charge in [-0.05, 0) is 31.0 Å². The van der Waals surface area contributed by atoms with Crippen molar-refractivity contribution in [1.29, 1.82) is 0 Å². The van der Waals surface area contributed by atoms with Crippen LogP contribution in [0.3, 0.4) is 0 Å². The summed E-state index contributed by atoms with van der Waals surface area (Å²) in [7, 11) is -2.89. The molecular weight excluding hydrogens is 304 g/mol. The Morgan fingerprint density at radius 3 is 2.45 bits per heavy atom. The van der Waals surface area contributed by atoms with Crippen molar-refractivity contribution in [3.63, 3.8) is 0 Å². The summed E-state index contributed by atoms with van der Waals surface area (Å²) in [5.41, 5.74) is 0.966. The predicted molar refractivity (Wildman–Crippen MR) is 76.9 cm³/mol. The van der Waals surface area contributed by atoms with Crippen molar-refractivity contribution in [2.45, 2.75) is 36.1 Å². The van der Waals surface area contributed by atoms with Crippen molar-refractivity contribution in [2.24, 2.45) is 0 Å². The lowest BCUT2D eigenvalue weighted by atomic mass is 10.1. The fourth-order valence-corrected chi connectivity index (χ4v) is 4.50. The summed E-state index contributed by atoms with van der Waals surface area (Å²) >= 11 is 0.518. The lowest BCUT2D eigenvalue weighted by Gasteiger charge is -2.19. The Morgan fingerprint density at radius 2 is 1.95 bits per heavy atom. The molecule has 3 nitrogen and oxygen atoms in total. The molecule has 0 bridgehead atoms. The van der Waals surface area contributed by atoms with Gasteiger partial charge in [-0.15, -0.1) is 0 Å². The second-order valence-electron chi connectivity index (χ2n) is 4.94. The van der Waals surface area contributed by atoms with Gasteiger partial charge in [-0.1, -0.05) is 23.9 Å². The van der Waals surface area contributed by atoms with Crippen molar-refractivity contribution in [2.75, 3.05) is 11.5 Å². The number of alkyl halides is 2. The van der Waals surface area contributed by atoms with Crippen molar-refractivity contribution < 1.29 is 17.2 Å². The normalized spacial score (nSPS) is 23.1. The van der Waals surface area contributed by atoms with Crippen LogP contribution in [0, 0.1) is 0 Å². The number of thioether (sulfide) groups is 1. The maximum absolute atomic E-state index is 12.2. The SMILES string of the molecule is C[C@@H](N[C@@H]1CCS(=O)(=O)C1)c1ccc(SC(F)F)cc1. The molecule has 2 rings (SSSR count). The first kappa shape index (κ1) is 15.7. The van der Waals surface area contributed by atoms with Gasteiger partial charge in [0, 0.05) is 17.0 Å². The Hall–Kier alpha value is -0.660. The molecule has 0 aliphatic carbocycles. The van der Waals surface area contributed by atoms with E-state index >= 15 is 0 Å². The monoisotopic (exact) mass is 321 g/mol. The molecule has 1 aliphatic heterocycles. The molecule has 1 N–H and O–H groups in total. The van der Waals surface area contributed by atoms with Crippen molar-refractivity contribution in [3.8, 4) is 0 Å². The maximum atomic E-state index is 12.2. The van der Waals surface area contributed by atoms with Crippen LogP contribution in [0.15, 0.2) is 29.2 Å². The van der Waals surface area contributed by atoms with Crippen LogP contribution < -0.4 is 5.32 Å². The van der Waals surface area contributed by atoms with Crippen LogP contribution in [0.5, 0.6) is 0 Å². The summed E-state index contributed by atoms with van der Waals surface area (Å²) in [4.78, 5) is 0.527. The van der Waals surface area contributed by atoms with E-state index in [1.807, 2.05) is 6.92 Å². The van der Waals surface area contributed by atoms with Gasteiger partial charge in [-0.2, -0.15) is 8.78 Å². The van der Waals surface area contributed by atoms with E-state index in [1.54, 1.807) is 24.3 Å². The summed E-state index contributed by atoms with van der Waals surface area (Å²) in [5, 5.41) is 3.28. The lowest BCUT2D eigenvalue weighted by Crippen LogP contribution is -2.32. The van der Waals surface area contributed by atoms with Gasteiger partial charge >= 0.3 is 0 Å². The third-order valence-corrected chi connectivity index (χ3v) is 5.81. The average Bonchev–Trinajstić information content (AvgIpc) is 2.68. The number of hydrogen-bond donors (Lipinski definition) is 1. The molecule has 1 fully saturated rings. The Bertz CT molecular complexity index is 546. The van der Waals surface area contributed by atoms with Gasteiger partial charge in [0.25, 0.3) is 5.76 Å². The van der Waals surface area contributed by atoms with Crippen molar-refractivity contribution in [1.82, 2.24) is 5.32 Å². The average molecular weight is 321 g/mol. The summed E-state index contributed by atoms with van der Waals surface area (Å²) in [6.07, 6.45) is 0.631. The fraction of sp³-hybridized carbons (Fsp3) is 0.538. The van der Waals surface area contributed by atoms with Gasteiger partial charge in [-0.25, -0.2) is 8.42 Å². The highest BCUT2D eigenvalue weighted by molar-refractivity contribution is 7.99. The highest BCUT2D eigenvalue weighted by Crippen LogP contribution is 2.26. The number of rotatable bonds is 5. The summed E-state index contributed by atoms with van der Waals surface area (Å²) in [6.45, 7) is 1.94. The third-order valence-electron chi connectivity index (χ3n) is 3.32. The molecule has 1 aromatic carbocycles. The predicted octanol–water partition coefficient (Wildman–Crippen LogP) is 2.84. The first-order chi connectivity index (χ1) is 9.35. The molecule has 0 saturated carbocycles. The first-order valence-electron chi connectivity index (χ1n) is 6.37. The van der Waals surface area contributed by atoms with E-state index in [-0.39, 0.29) is 23.6 Å². The second kappa shape index (κ2) is 6.41. The number of sulfone groups is 1. The molecule has 1 aliphatic rings. The minimum Gasteiger partial charge on any atom is -0.306 e. The third kappa shape index (κ3) is 4.43. The van der Waals surface area contributed by atoms with Gasteiger partial charge in [0.2, 0.25) is 0 Å². The van der Waals surface area contributed by atoms with Crippen LogP contribution in [-0.2, 0) is 9.84 Å². The van der Waals surface area contributed by atoms with Crippen molar-refractivity contribution >= 4 is 21.6 Å². The van der Waals surface area contributed by atoms with Gasteiger partial charge in [0.1, 0.15) is 0 Å². The molecule has 2 atom stereocenters. The van der Waals surface area contributed by atoms with Crippen LogP contribution in [0.4, 0.5) is 8.78 Å². The minimum atomic E-state index is -2.89. The molecule has 112 valence electrons. The van der Waals surface area contributed by atoms with E-state index in [0.717, 1.165) is 5.56 Å². The van der Waals surface area contributed by atoms with E-state index in [4.69, 9.17) is 0 Å². The molecule has 0 spiro atoms. The lowest BCUT2D eigenvalue weighted by molar-refractivity contribution is 0.252.